The van der Waals surface area contributed by atoms with E-state index in [1.165, 1.54) is 20.8 Å². The van der Waals surface area contributed by atoms with Crippen molar-refractivity contribution >= 4 is 33.8 Å². The second-order valence-corrected chi connectivity index (χ2v) is 5.46. The van der Waals surface area contributed by atoms with Gasteiger partial charge in [-0.1, -0.05) is 15.9 Å². The monoisotopic (exact) mass is 367 g/mol. The van der Waals surface area contributed by atoms with Gasteiger partial charge in [0.2, 0.25) is 0 Å². The van der Waals surface area contributed by atoms with E-state index in [2.05, 4.69) is 15.9 Å². The summed E-state index contributed by atoms with van der Waals surface area (Å²) >= 11 is 3.21. The van der Waals surface area contributed by atoms with Crippen molar-refractivity contribution < 1.29 is 33.3 Å². The van der Waals surface area contributed by atoms with Gasteiger partial charge in [-0.2, -0.15) is 0 Å². The normalized spacial score (nSPS) is 32.1. The molecule has 0 amide bonds. The topological polar surface area (TPSA) is 114 Å². The smallest absolute Gasteiger partial charge is 0.303 e. The van der Waals surface area contributed by atoms with Crippen LogP contribution in [0.5, 0.6) is 0 Å². The van der Waals surface area contributed by atoms with Crippen LogP contribution in [0.3, 0.4) is 0 Å². The van der Waals surface area contributed by atoms with E-state index in [0.717, 1.165) is 0 Å². The van der Waals surface area contributed by atoms with Gasteiger partial charge in [0, 0.05) is 20.8 Å². The zero-order valence-corrected chi connectivity index (χ0v) is 13.5. The van der Waals surface area contributed by atoms with E-state index in [9.17, 15) is 14.4 Å². The Balaban J connectivity index is 2.94. The van der Waals surface area contributed by atoms with Gasteiger partial charge in [0.1, 0.15) is 17.7 Å². The molecule has 5 atom stereocenters. The number of hydrogen-bond donors (Lipinski definition) is 1. The number of halogens is 1. The molecule has 1 aliphatic rings. The summed E-state index contributed by atoms with van der Waals surface area (Å²) in [6, 6.07) is -0.744. The number of carbonyl (C=O) groups is 3. The van der Waals surface area contributed by atoms with E-state index in [0.29, 0.717) is 0 Å². The molecule has 0 spiro atoms. The molecule has 0 aromatic carbocycles. The van der Waals surface area contributed by atoms with Crippen molar-refractivity contribution in [2.24, 2.45) is 5.73 Å². The van der Waals surface area contributed by atoms with Gasteiger partial charge >= 0.3 is 17.9 Å². The van der Waals surface area contributed by atoms with Crippen molar-refractivity contribution in [3.05, 3.63) is 0 Å². The molecule has 2 N–H and O–H groups in total. The summed E-state index contributed by atoms with van der Waals surface area (Å²) in [5.41, 5.74) is 5.91. The highest BCUT2D eigenvalue weighted by Gasteiger charge is 2.47. The molecule has 0 bridgehead atoms. The minimum absolute atomic E-state index is 0.153. The van der Waals surface area contributed by atoms with Crippen LogP contribution >= 0.6 is 15.9 Å². The van der Waals surface area contributed by atoms with Gasteiger partial charge in [0.15, 0.2) is 12.2 Å². The molecule has 8 nitrogen and oxygen atoms in total. The first-order chi connectivity index (χ1) is 9.72. The van der Waals surface area contributed by atoms with Gasteiger partial charge < -0.3 is 24.7 Å². The first kappa shape index (κ1) is 17.9. The van der Waals surface area contributed by atoms with Crippen molar-refractivity contribution in [2.45, 2.75) is 50.1 Å². The van der Waals surface area contributed by atoms with Gasteiger partial charge in [0.25, 0.3) is 0 Å². The van der Waals surface area contributed by atoms with Crippen LogP contribution < -0.4 is 5.73 Å². The predicted molar refractivity (Wildman–Crippen MR) is 73.3 cm³/mol. The second kappa shape index (κ2) is 7.71. The number of esters is 3. The van der Waals surface area contributed by atoms with E-state index in [-0.39, 0.29) is 6.61 Å². The SMILES string of the molecule is CC(=O)OC[C@H]1O[C@H](Br)[C@H](N)[C@@H](OC(C)=O)[C@@H]1OC(C)=O. The fourth-order valence-corrected chi connectivity index (χ4v) is 2.50. The third kappa shape index (κ3) is 5.25. The molecular weight excluding hydrogens is 350 g/mol. The Kier molecular flexibility index (Phi) is 6.56. The standard InChI is InChI=1S/C12H18BrNO7/c1-5(15)18-4-8-10(19-6(2)16)11(20-7(3)17)9(14)12(13)21-8/h8-12H,4,14H2,1-3H3/t8-,9-,10-,11-,12+/m1/s1. The van der Waals surface area contributed by atoms with Crippen LogP contribution in [0.25, 0.3) is 0 Å². The largest absolute Gasteiger partial charge is 0.463 e. The fraction of sp³-hybridized carbons (Fsp3) is 0.750. The molecule has 0 radical (unpaired) electrons. The van der Waals surface area contributed by atoms with Crippen LogP contribution in [0.1, 0.15) is 20.8 Å². The van der Waals surface area contributed by atoms with Crippen molar-refractivity contribution in [1.82, 2.24) is 0 Å². The number of rotatable bonds is 4. The molecular formula is C12H18BrNO7. The molecule has 0 aromatic rings. The van der Waals surface area contributed by atoms with Crippen LogP contribution in [-0.2, 0) is 33.3 Å². The minimum Gasteiger partial charge on any atom is -0.463 e. The Labute approximate surface area is 130 Å². The van der Waals surface area contributed by atoms with E-state index < -0.39 is 47.3 Å². The van der Waals surface area contributed by atoms with E-state index >= 15 is 0 Å². The summed E-state index contributed by atoms with van der Waals surface area (Å²) in [5, 5.41) is -0.644. The lowest BCUT2D eigenvalue weighted by Crippen LogP contribution is -2.62. The molecule has 1 heterocycles. The van der Waals surface area contributed by atoms with Gasteiger partial charge in [0.05, 0.1) is 6.04 Å². The Bertz CT molecular complexity index is 416. The van der Waals surface area contributed by atoms with Crippen LogP contribution in [0.2, 0.25) is 0 Å². The maximum absolute atomic E-state index is 11.2. The first-order valence-corrected chi connectivity index (χ1v) is 7.17. The highest BCUT2D eigenvalue weighted by atomic mass is 79.9. The maximum Gasteiger partial charge on any atom is 0.303 e. The average molecular weight is 368 g/mol. The van der Waals surface area contributed by atoms with Gasteiger partial charge in [-0.3, -0.25) is 14.4 Å². The van der Waals surface area contributed by atoms with Gasteiger partial charge in [-0.25, -0.2) is 0 Å². The Hall–Kier alpha value is -1.19. The molecule has 1 aliphatic heterocycles. The number of hydrogen-bond acceptors (Lipinski definition) is 8. The number of alkyl halides is 1. The van der Waals surface area contributed by atoms with Crippen molar-refractivity contribution in [3.63, 3.8) is 0 Å². The van der Waals surface area contributed by atoms with Crippen LogP contribution in [0.15, 0.2) is 0 Å². The highest BCUT2D eigenvalue weighted by molar-refractivity contribution is 9.09. The number of nitrogens with two attached hydrogens (primary N) is 1. The molecule has 1 fully saturated rings. The van der Waals surface area contributed by atoms with Crippen LogP contribution in [0.4, 0.5) is 0 Å². The Morgan fingerprint density at radius 3 is 2.05 bits per heavy atom. The minimum atomic E-state index is -0.963. The van der Waals surface area contributed by atoms with E-state index in [4.69, 9.17) is 24.7 Å². The molecule has 0 unspecified atom stereocenters. The first-order valence-electron chi connectivity index (χ1n) is 6.25. The Morgan fingerprint density at radius 1 is 1.05 bits per heavy atom. The molecule has 0 aliphatic carbocycles. The molecule has 9 heteroatoms. The lowest BCUT2D eigenvalue weighted by atomic mass is 9.98. The van der Waals surface area contributed by atoms with Crippen LogP contribution in [-0.4, -0.2) is 53.9 Å². The average Bonchev–Trinajstić information content (AvgIpc) is 2.35. The van der Waals surface area contributed by atoms with Gasteiger partial charge in [-0.05, 0) is 0 Å². The summed E-state index contributed by atoms with van der Waals surface area (Å²) < 4.78 is 20.7. The van der Waals surface area contributed by atoms with E-state index in [1.54, 1.807) is 0 Å². The number of carbonyl (C=O) groups excluding carboxylic acids is 3. The van der Waals surface area contributed by atoms with Gasteiger partial charge in [-0.15, -0.1) is 0 Å². The predicted octanol–water partition coefficient (Wildman–Crippen LogP) is -0.140. The summed E-state index contributed by atoms with van der Waals surface area (Å²) in [6.45, 7) is 3.52. The third-order valence-electron chi connectivity index (χ3n) is 2.73. The third-order valence-corrected chi connectivity index (χ3v) is 3.56. The molecule has 21 heavy (non-hydrogen) atoms. The summed E-state index contributed by atoms with van der Waals surface area (Å²) in [4.78, 5) is 33.4. The van der Waals surface area contributed by atoms with Crippen molar-refractivity contribution in [1.29, 1.82) is 0 Å². The number of ether oxygens (including phenoxy) is 4. The van der Waals surface area contributed by atoms with Crippen molar-refractivity contribution in [3.8, 4) is 0 Å². The lowest BCUT2D eigenvalue weighted by Gasteiger charge is -2.42. The molecule has 0 aromatic heterocycles. The second-order valence-electron chi connectivity index (χ2n) is 4.55. The zero-order valence-electron chi connectivity index (χ0n) is 11.9. The van der Waals surface area contributed by atoms with E-state index in [1.807, 2.05) is 0 Å². The van der Waals surface area contributed by atoms with Crippen molar-refractivity contribution in [2.75, 3.05) is 6.61 Å². The maximum atomic E-state index is 11.2. The fourth-order valence-electron chi connectivity index (χ4n) is 1.92. The molecule has 0 saturated carbocycles. The zero-order chi connectivity index (χ0) is 16.2. The molecule has 1 saturated heterocycles. The highest BCUT2D eigenvalue weighted by Crippen LogP contribution is 2.28. The Morgan fingerprint density at radius 2 is 1.57 bits per heavy atom. The quantitative estimate of drug-likeness (QED) is 0.414. The van der Waals surface area contributed by atoms with Crippen LogP contribution in [0, 0.1) is 0 Å². The summed E-state index contributed by atoms with van der Waals surface area (Å²) in [5.74, 6) is -1.67. The molecule has 120 valence electrons. The summed E-state index contributed by atoms with van der Waals surface area (Å²) in [7, 11) is 0. The molecule has 1 rings (SSSR count). The summed E-state index contributed by atoms with van der Waals surface area (Å²) in [6.07, 6.45) is -2.68. The lowest BCUT2D eigenvalue weighted by molar-refractivity contribution is -0.208.